The van der Waals surface area contributed by atoms with Gasteiger partial charge in [-0.2, -0.15) is 0 Å². The molecule has 2 aliphatic carbocycles. The van der Waals surface area contributed by atoms with Crippen LogP contribution in [0.3, 0.4) is 0 Å². The molecular weight excluding hydrogens is 256 g/mol. The molecule has 2 N–H and O–H groups in total. The predicted molar refractivity (Wildman–Crippen MR) is 81.6 cm³/mol. The zero-order chi connectivity index (χ0) is 13.2. The maximum atomic E-state index is 5.40. The van der Waals surface area contributed by atoms with Gasteiger partial charge >= 0.3 is 0 Å². The van der Waals surface area contributed by atoms with Crippen molar-refractivity contribution in [3.8, 4) is 5.75 Å². The first-order chi connectivity index (χ1) is 9.24. The van der Waals surface area contributed by atoms with Gasteiger partial charge in [-0.3, -0.25) is 0 Å². The second-order valence-corrected chi connectivity index (χ2v) is 6.02. The average molecular weight is 276 g/mol. The highest BCUT2D eigenvalue weighted by molar-refractivity contribution is 7.80. The largest absolute Gasteiger partial charge is 0.497 e. The maximum absolute atomic E-state index is 5.40. The minimum atomic E-state index is 0.581. The molecule has 1 aromatic rings. The molecule has 2 fully saturated rings. The molecule has 0 saturated heterocycles. The summed E-state index contributed by atoms with van der Waals surface area (Å²) >= 11 is 5.40. The molecule has 0 aromatic heterocycles. The lowest BCUT2D eigenvalue weighted by Crippen LogP contribution is -2.40. The molecule has 0 radical (unpaired) electrons. The molecular formula is C15H20N2OS. The van der Waals surface area contributed by atoms with Crippen LogP contribution in [0.5, 0.6) is 5.75 Å². The van der Waals surface area contributed by atoms with Crippen molar-refractivity contribution in [2.45, 2.75) is 31.7 Å². The van der Waals surface area contributed by atoms with E-state index >= 15 is 0 Å². The van der Waals surface area contributed by atoms with E-state index in [-0.39, 0.29) is 0 Å². The van der Waals surface area contributed by atoms with Gasteiger partial charge in [0.1, 0.15) is 5.75 Å². The Kier molecular flexibility index (Phi) is 3.60. The molecule has 0 heterocycles. The molecule has 2 saturated carbocycles. The van der Waals surface area contributed by atoms with Crippen LogP contribution in [-0.4, -0.2) is 18.3 Å². The Morgan fingerprint density at radius 3 is 2.58 bits per heavy atom. The van der Waals surface area contributed by atoms with Crippen LogP contribution < -0.4 is 15.4 Å². The Bertz CT molecular complexity index is 460. The van der Waals surface area contributed by atoms with Crippen LogP contribution in [0.25, 0.3) is 0 Å². The number of nitrogens with one attached hydrogen (secondary N) is 2. The van der Waals surface area contributed by atoms with Gasteiger partial charge in [0.15, 0.2) is 5.11 Å². The number of methoxy groups -OCH3 is 1. The summed E-state index contributed by atoms with van der Waals surface area (Å²) in [6.07, 6.45) is 5.47. The number of hydrogen-bond acceptors (Lipinski definition) is 2. The van der Waals surface area contributed by atoms with E-state index in [4.69, 9.17) is 17.0 Å². The summed E-state index contributed by atoms with van der Waals surface area (Å²) in [5.41, 5.74) is 1.00. The number of ether oxygens (including phenoxy) is 1. The minimum absolute atomic E-state index is 0.581. The predicted octanol–water partition coefficient (Wildman–Crippen LogP) is 3.17. The SMILES string of the molecule is COc1ccc(NC(=S)NC2CC3CCC2C3)cc1. The minimum Gasteiger partial charge on any atom is -0.497 e. The monoisotopic (exact) mass is 276 g/mol. The number of thiocarbonyl (C=S) groups is 1. The van der Waals surface area contributed by atoms with E-state index < -0.39 is 0 Å². The van der Waals surface area contributed by atoms with Gasteiger partial charge in [0, 0.05) is 11.7 Å². The van der Waals surface area contributed by atoms with Crippen molar-refractivity contribution in [1.29, 1.82) is 0 Å². The second-order valence-electron chi connectivity index (χ2n) is 5.61. The molecule has 3 rings (SSSR count). The number of anilines is 1. The molecule has 19 heavy (non-hydrogen) atoms. The third-order valence-electron chi connectivity index (χ3n) is 4.40. The number of rotatable bonds is 3. The zero-order valence-electron chi connectivity index (χ0n) is 11.2. The van der Waals surface area contributed by atoms with Gasteiger partial charge < -0.3 is 15.4 Å². The van der Waals surface area contributed by atoms with Crippen molar-refractivity contribution >= 4 is 23.0 Å². The second kappa shape index (κ2) is 5.37. The summed E-state index contributed by atoms with van der Waals surface area (Å²) in [5.74, 6) is 2.63. The summed E-state index contributed by atoms with van der Waals surface area (Å²) in [6, 6.07) is 8.41. The van der Waals surface area contributed by atoms with E-state index in [1.165, 1.54) is 25.7 Å². The molecule has 0 spiro atoms. The number of fused-ring (bicyclic) bond motifs is 2. The fourth-order valence-electron chi connectivity index (χ4n) is 3.43. The molecule has 4 heteroatoms. The van der Waals surface area contributed by atoms with Gasteiger partial charge in [-0.05, 0) is 67.6 Å². The van der Waals surface area contributed by atoms with Crippen LogP contribution in [-0.2, 0) is 0 Å². The third-order valence-corrected chi connectivity index (χ3v) is 4.62. The van der Waals surface area contributed by atoms with E-state index in [0.717, 1.165) is 28.4 Å². The molecule has 102 valence electrons. The zero-order valence-corrected chi connectivity index (χ0v) is 12.0. The molecule has 3 unspecified atom stereocenters. The Morgan fingerprint density at radius 1 is 1.21 bits per heavy atom. The highest BCUT2D eigenvalue weighted by Crippen LogP contribution is 2.44. The number of hydrogen-bond donors (Lipinski definition) is 2. The first-order valence-electron chi connectivity index (χ1n) is 6.96. The maximum Gasteiger partial charge on any atom is 0.171 e. The molecule has 0 amide bonds. The average Bonchev–Trinajstić information content (AvgIpc) is 3.02. The normalized spacial score (nSPS) is 28.2. The van der Waals surface area contributed by atoms with Crippen LogP contribution in [0.1, 0.15) is 25.7 Å². The molecule has 0 aliphatic heterocycles. The summed E-state index contributed by atoms with van der Waals surface area (Å²) in [4.78, 5) is 0. The molecule has 3 nitrogen and oxygen atoms in total. The van der Waals surface area contributed by atoms with Crippen molar-refractivity contribution in [2.24, 2.45) is 11.8 Å². The lowest BCUT2D eigenvalue weighted by atomic mass is 9.96. The standard InChI is InChI=1S/C15H20N2OS/c1-18-13-6-4-12(5-7-13)16-15(19)17-14-9-10-2-3-11(14)8-10/h4-7,10-11,14H,2-3,8-9H2,1H3,(H2,16,17,19). The van der Waals surface area contributed by atoms with Crippen LogP contribution in [0, 0.1) is 11.8 Å². The van der Waals surface area contributed by atoms with Crippen molar-refractivity contribution in [1.82, 2.24) is 5.32 Å². The Balaban J connectivity index is 1.53. The first-order valence-corrected chi connectivity index (χ1v) is 7.37. The highest BCUT2D eigenvalue weighted by Gasteiger charge is 2.39. The van der Waals surface area contributed by atoms with Crippen molar-refractivity contribution in [2.75, 3.05) is 12.4 Å². The van der Waals surface area contributed by atoms with Crippen molar-refractivity contribution in [3.63, 3.8) is 0 Å². The third kappa shape index (κ3) is 2.84. The van der Waals surface area contributed by atoms with Gasteiger partial charge in [-0.25, -0.2) is 0 Å². The Morgan fingerprint density at radius 2 is 2.00 bits per heavy atom. The van der Waals surface area contributed by atoms with Crippen LogP contribution in [0.15, 0.2) is 24.3 Å². The smallest absolute Gasteiger partial charge is 0.171 e. The number of benzene rings is 1. The Labute approximate surface area is 119 Å². The first kappa shape index (κ1) is 12.7. The van der Waals surface area contributed by atoms with E-state index in [2.05, 4.69) is 10.6 Å². The summed E-state index contributed by atoms with van der Waals surface area (Å²) in [6.45, 7) is 0. The van der Waals surface area contributed by atoms with Crippen LogP contribution in [0.2, 0.25) is 0 Å². The van der Waals surface area contributed by atoms with E-state index in [1.54, 1.807) is 7.11 Å². The summed E-state index contributed by atoms with van der Waals surface area (Å²) in [5, 5.41) is 7.46. The van der Waals surface area contributed by atoms with E-state index in [9.17, 15) is 0 Å². The van der Waals surface area contributed by atoms with Crippen LogP contribution in [0.4, 0.5) is 5.69 Å². The van der Waals surface area contributed by atoms with E-state index in [1.807, 2.05) is 24.3 Å². The van der Waals surface area contributed by atoms with Gasteiger partial charge in [0.25, 0.3) is 0 Å². The fourth-order valence-corrected chi connectivity index (χ4v) is 3.70. The quantitative estimate of drug-likeness (QED) is 0.831. The van der Waals surface area contributed by atoms with Gasteiger partial charge in [0.05, 0.1) is 7.11 Å². The highest BCUT2D eigenvalue weighted by atomic mass is 32.1. The fraction of sp³-hybridized carbons (Fsp3) is 0.533. The lowest BCUT2D eigenvalue weighted by molar-refractivity contribution is 0.392. The Hall–Kier alpha value is -1.29. The lowest BCUT2D eigenvalue weighted by Gasteiger charge is -2.24. The molecule has 3 atom stereocenters. The molecule has 2 bridgehead atoms. The topological polar surface area (TPSA) is 33.3 Å². The van der Waals surface area contributed by atoms with Crippen LogP contribution >= 0.6 is 12.2 Å². The van der Waals surface area contributed by atoms with Gasteiger partial charge in [-0.1, -0.05) is 6.42 Å². The summed E-state index contributed by atoms with van der Waals surface area (Å²) < 4.78 is 5.14. The van der Waals surface area contributed by atoms with Gasteiger partial charge in [-0.15, -0.1) is 0 Å². The van der Waals surface area contributed by atoms with Crippen molar-refractivity contribution in [3.05, 3.63) is 24.3 Å². The molecule has 2 aliphatic rings. The van der Waals surface area contributed by atoms with E-state index in [0.29, 0.717) is 6.04 Å². The molecule has 1 aromatic carbocycles. The van der Waals surface area contributed by atoms with Gasteiger partial charge in [0.2, 0.25) is 0 Å². The summed E-state index contributed by atoms with van der Waals surface area (Å²) in [7, 11) is 1.67. The van der Waals surface area contributed by atoms with Crippen molar-refractivity contribution < 1.29 is 4.74 Å².